The van der Waals surface area contributed by atoms with Gasteiger partial charge in [0.25, 0.3) is 5.91 Å². The Balaban J connectivity index is 1.35. The number of ether oxygens (including phenoxy) is 2. The minimum absolute atomic E-state index is 0.206. The summed E-state index contributed by atoms with van der Waals surface area (Å²) in [6.45, 7) is 5.23. The minimum Gasteiger partial charge on any atom is -0.381 e. The Hall–Kier alpha value is -0.910. The quantitative estimate of drug-likeness (QED) is 0.817. The summed E-state index contributed by atoms with van der Waals surface area (Å²) < 4.78 is 11.6. The fourth-order valence-electron chi connectivity index (χ4n) is 4.70. The first-order chi connectivity index (χ1) is 11.8. The molecule has 132 valence electrons. The van der Waals surface area contributed by atoms with Crippen LogP contribution in [0.2, 0.25) is 0 Å². The van der Waals surface area contributed by atoms with Crippen LogP contribution in [0.15, 0.2) is 17.5 Å². The summed E-state index contributed by atoms with van der Waals surface area (Å²) in [5, 5.41) is 1.98. The van der Waals surface area contributed by atoms with Crippen molar-refractivity contribution in [2.24, 2.45) is 17.3 Å². The lowest BCUT2D eigenvalue weighted by atomic mass is 9.81. The first-order valence-electron chi connectivity index (χ1n) is 9.25. The average molecular weight is 349 g/mol. The molecule has 3 fully saturated rings. The minimum atomic E-state index is 0.206. The zero-order valence-electron chi connectivity index (χ0n) is 14.2. The van der Waals surface area contributed by atoms with Gasteiger partial charge in [-0.25, -0.2) is 0 Å². The summed E-state index contributed by atoms with van der Waals surface area (Å²) in [4.78, 5) is 15.6. The van der Waals surface area contributed by atoms with Crippen molar-refractivity contribution < 1.29 is 14.3 Å². The maximum Gasteiger partial charge on any atom is 0.263 e. The first kappa shape index (κ1) is 16.6. The third-order valence-electron chi connectivity index (χ3n) is 6.14. The Morgan fingerprint density at radius 2 is 2.25 bits per heavy atom. The van der Waals surface area contributed by atoms with Gasteiger partial charge in [-0.2, -0.15) is 0 Å². The highest BCUT2D eigenvalue weighted by Gasteiger charge is 2.50. The zero-order chi connectivity index (χ0) is 16.4. The molecule has 4 nitrogen and oxygen atoms in total. The summed E-state index contributed by atoms with van der Waals surface area (Å²) in [5.74, 6) is 1.49. The molecule has 1 aromatic heterocycles. The highest BCUT2D eigenvalue weighted by atomic mass is 32.1. The van der Waals surface area contributed by atoms with Crippen LogP contribution in [-0.2, 0) is 9.47 Å². The Morgan fingerprint density at radius 3 is 3.04 bits per heavy atom. The molecule has 1 saturated carbocycles. The Labute approximate surface area is 148 Å². The van der Waals surface area contributed by atoms with Crippen molar-refractivity contribution in [3.63, 3.8) is 0 Å². The van der Waals surface area contributed by atoms with Crippen molar-refractivity contribution in [3.8, 4) is 0 Å². The number of likely N-dealkylation sites (tertiary alicyclic amines) is 1. The third kappa shape index (κ3) is 3.26. The maximum absolute atomic E-state index is 12.7. The van der Waals surface area contributed by atoms with E-state index in [-0.39, 0.29) is 11.3 Å². The smallest absolute Gasteiger partial charge is 0.263 e. The summed E-state index contributed by atoms with van der Waals surface area (Å²) in [6, 6.07) is 3.90. The van der Waals surface area contributed by atoms with E-state index >= 15 is 0 Å². The lowest BCUT2D eigenvalue weighted by Crippen LogP contribution is -2.35. The molecule has 0 aromatic carbocycles. The largest absolute Gasteiger partial charge is 0.381 e. The van der Waals surface area contributed by atoms with E-state index in [1.807, 2.05) is 17.5 Å². The molecular formula is C19H27NO3S. The molecule has 0 spiro atoms. The predicted molar refractivity (Wildman–Crippen MR) is 94.4 cm³/mol. The van der Waals surface area contributed by atoms with Gasteiger partial charge in [0.05, 0.1) is 11.5 Å². The number of thiophene rings is 1. The topological polar surface area (TPSA) is 38.8 Å². The third-order valence-corrected chi connectivity index (χ3v) is 7.00. The van der Waals surface area contributed by atoms with Gasteiger partial charge in [0.1, 0.15) is 0 Å². The maximum atomic E-state index is 12.7. The molecule has 2 saturated heterocycles. The van der Waals surface area contributed by atoms with Gasteiger partial charge in [-0.15, -0.1) is 11.3 Å². The van der Waals surface area contributed by atoms with Crippen LogP contribution >= 0.6 is 11.3 Å². The van der Waals surface area contributed by atoms with Gasteiger partial charge in [0.15, 0.2) is 0 Å². The van der Waals surface area contributed by atoms with E-state index in [0.29, 0.717) is 11.8 Å². The zero-order valence-corrected chi connectivity index (χ0v) is 15.1. The molecule has 0 bridgehead atoms. The molecule has 1 aromatic rings. The van der Waals surface area contributed by atoms with Crippen LogP contribution in [-0.4, -0.2) is 50.3 Å². The molecule has 3 aliphatic rings. The van der Waals surface area contributed by atoms with E-state index in [2.05, 4.69) is 4.90 Å². The van der Waals surface area contributed by atoms with Crippen molar-refractivity contribution in [1.29, 1.82) is 0 Å². The molecule has 0 unspecified atom stereocenters. The van der Waals surface area contributed by atoms with Crippen molar-refractivity contribution in [2.45, 2.75) is 32.1 Å². The number of amides is 1. The molecule has 2 aliphatic heterocycles. The van der Waals surface area contributed by atoms with Gasteiger partial charge in [0.2, 0.25) is 0 Å². The number of carbonyl (C=O) groups excluding carboxylic acids is 1. The first-order valence-corrected chi connectivity index (χ1v) is 10.1. The highest BCUT2D eigenvalue weighted by Crippen LogP contribution is 2.49. The predicted octanol–water partition coefficient (Wildman–Crippen LogP) is 3.43. The monoisotopic (exact) mass is 349 g/mol. The van der Waals surface area contributed by atoms with Crippen LogP contribution in [0.3, 0.4) is 0 Å². The fourth-order valence-corrected chi connectivity index (χ4v) is 5.39. The van der Waals surface area contributed by atoms with Gasteiger partial charge < -0.3 is 14.4 Å². The van der Waals surface area contributed by atoms with E-state index in [1.165, 1.54) is 19.3 Å². The molecule has 24 heavy (non-hydrogen) atoms. The molecule has 1 amide bonds. The second-order valence-corrected chi connectivity index (χ2v) is 8.63. The van der Waals surface area contributed by atoms with Crippen molar-refractivity contribution >= 4 is 17.2 Å². The molecule has 4 rings (SSSR count). The number of carbonyl (C=O) groups is 1. The number of fused-ring (bicyclic) bond motifs is 1. The second kappa shape index (κ2) is 7.14. The lowest BCUT2D eigenvalue weighted by molar-refractivity contribution is -0.0123. The van der Waals surface area contributed by atoms with Crippen LogP contribution in [0.5, 0.6) is 0 Å². The number of rotatable bonds is 5. The Morgan fingerprint density at radius 1 is 1.38 bits per heavy atom. The molecule has 1 aliphatic carbocycles. The standard InChI is InChI=1S/C19H27NO3S/c21-18(17-4-2-10-24-17)20-11-16-3-1-7-19(16,13-20)14-23-12-15-5-8-22-9-6-15/h2,4,10,15-16H,1,3,5-9,11-14H2/t16-,19+/m1/s1. The summed E-state index contributed by atoms with van der Waals surface area (Å²) in [7, 11) is 0. The number of hydrogen-bond acceptors (Lipinski definition) is 4. The Kier molecular flexibility index (Phi) is 4.93. The highest BCUT2D eigenvalue weighted by molar-refractivity contribution is 7.12. The van der Waals surface area contributed by atoms with E-state index in [1.54, 1.807) is 11.3 Å². The van der Waals surface area contributed by atoms with Crippen molar-refractivity contribution in [2.75, 3.05) is 39.5 Å². The lowest BCUT2D eigenvalue weighted by Gasteiger charge is -2.30. The molecule has 5 heteroatoms. The van der Waals surface area contributed by atoms with E-state index in [0.717, 1.165) is 57.2 Å². The van der Waals surface area contributed by atoms with Gasteiger partial charge >= 0.3 is 0 Å². The van der Waals surface area contributed by atoms with Crippen LogP contribution < -0.4 is 0 Å². The van der Waals surface area contributed by atoms with Gasteiger partial charge in [0, 0.05) is 38.3 Å². The summed E-state index contributed by atoms with van der Waals surface area (Å²) in [6.07, 6.45) is 5.99. The van der Waals surface area contributed by atoms with Crippen molar-refractivity contribution in [1.82, 2.24) is 4.90 Å². The number of nitrogens with zero attached hydrogens (tertiary/aromatic N) is 1. The van der Waals surface area contributed by atoms with E-state index in [9.17, 15) is 4.79 Å². The SMILES string of the molecule is O=C(c1cccs1)N1C[C@H]2CCC[C@@]2(COCC2CCOCC2)C1. The molecule has 2 atom stereocenters. The van der Waals surface area contributed by atoms with Gasteiger partial charge in [-0.1, -0.05) is 12.5 Å². The second-order valence-electron chi connectivity index (χ2n) is 7.69. The Bertz CT molecular complexity index is 555. The molecule has 3 heterocycles. The number of hydrogen-bond donors (Lipinski definition) is 0. The average Bonchev–Trinajstić information content (AvgIpc) is 3.31. The van der Waals surface area contributed by atoms with Crippen molar-refractivity contribution in [3.05, 3.63) is 22.4 Å². The van der Waals surface area contributed by atoms with Gasteiger partial charge in [-0.05, 0) is 49.0 Å². The fraction of sp³-hybridized carbons (Fsp3) is 0.737. The van der Waals surface area contributed by atoms with Gasteiger partial charge in [-0.3, -0.25) is 4.79 Å². The molecule has 0 N–H and O–H groups in total. The normalized spacial score (nSPS) is 30.7. The summed E-state index contributed by atoms with van der Waals surface area (Å²) in [5.41, 5.74) is 0.206. The summed E-state index contributed by atoms with van der Waals surface area (Å²) >= 11 is 1.55. The van der Waals surface area contributed by atoms with Crippen LogP contribution in [0.4, 0.5) is 0 Å². The molecule has 0 radical (unpaired) electrons. The molecular weight excluding hydrogens is 322 g/mol. The van der Waals surface area contributed by atoms with Crippen LogP contribution in [0.25, 0.3) is 0 Å². The van der Waals surface area contributed by atoms with E-state index in [4.69, 9.17) is 9.47 Å². The van der Waals surface area contributed by atoms with E-state index < -0.39 is 0 Å². The van der Waals surface area contributed by atoms with Crippen LogP contribution in [0, 0.1) is 17.3 Å². The van der Waals surface area contributed by atoms with Crippen LogP contribution in [0.1, 0.15) is 41.8 Å².